The number of rotatable bonds is 8. The van der Waals surface area contributed by atoms with Gasteiger partial charge in [-0.05, 0) is 44.7 Å². The summed E-state index contributed by atoms with van der Waals surface area (Å²) in [6.45, 7) is 9.47. The van der Waals surface area contributed by atoms with E-state index in [4.69, 9.17) is 0 Å². The lowest BCUT2D eigenvalue weighted by Crippen LogP contribution is -2.57. The number of carboxylic acid groups (broad SMARTS) is 1. The molecule has 1 rings (SSSR count). The number of nitrogens with one attached hydrogen (secondary N) is 2. The van der Waals surface area contributed by atoms with Gasteiger partial charge in [-0.3, -0.25) is 0 Å². The SMILES string of the molecule is CCC(CC)(NC(=O)NCC(C)CN1CCCC1)C(=O)O. The molecule has 6 heteroatoms. The van der Waals surface area contributed by atoms with Gasteiger partial charge < -0.3 is 20.6 Å². The summed E-state index contributed by atoms with van der Waals surface area (Å²) in [5.41, 5.74) is -1.16. The van der Waals surface area contributed by atoms with Crippen LogP contribution in [0.25, 0.3) is 0 Å². The Bertz CT molecular complexity index is 350. The summed E-state index contributed by atoms with van der Waals surface area (Å²) in [7, 11) is 0. The molecule has 1 heterocycles. The van der Waals surface area contributed by atoms with Crippen LogP contribution in [0.2, 0.25) is 0 Å². The molecule has 3 N–H and O–H groups in total. The highest BCUT2D eigenvalue weighted by molar-refractivity contribution is 5.86. The van der Waals surface area contributed by atoms with E-state index in [0.717, 1.165) is 19.6 Å². The second kappa shape index (κ2) is 8.22. The van der Waals surface area contributed by atoms with Gasteiger partial charge >= 0.3 is 12.0 Å². The number of amides is 2. The molecular weight excluding hydrogens is 270 g/mol. The Morgan fingerprint density at radius 1 is 1.24 bits per heavy atom. The smallest absolute Gasteiger partial charge is 0.329 e. The van der Waals surface area contributed by atoms with Crippen LogP contribution >= 0.6 is 0 Å². The fourth-order valence-electron chi connectivity index (χ4n) is 2.78. The van der Waals surface area contributed by atoms with E-state index < -0.39 is 17.5 Å². The summed E-state index contributed by atoms with van der Waals surface area (Å²) >= 11 is 0. The number of urea groups is 1. The van der Waals surface area contributed by atoms with Crippen molar-refractivity contribution < 1.29 is 14.7 Å². The molecule has 6 nitrogen and oxygen atoms in total. The van der Waals surface area contributed by atoms with E-state index in [2.05, 4.69) is 22.5 Å². The average Bonchev–Trinajstić information content (AvgIpc) is 2.95. The molecule has 0 aliphatic carbocycles. The number of aliphatic carboxylic acids is 1. The third kappa shape index (κ3) is 5.19. The van der Waals surface area contributed by atoms with Gasteiger partial charge in [-0.15, -0.1) is 0 Å². The highest BCUT2D eigenvalue weighted by Gasteiger charge is 2.36. The predicted molar refractivity (Wildman–Crippen MR) is 82.3 cm³/mol. The van der Waals surface area contributed by atoms with Crippen LogP contribution in [0.4, 0.5) is 4.79 Å². The van der Waals surface area contributed by atoms with Crippen LogP contribution < -0.4 is 10.6 Å². The van der Waals surface area contributed by atoms with Gasteiger partial charge in [0.05, 0.1) is 0 Å². The van der Waals surface area contributed by atoms with Gasteiger partial charge in [0.1, 0.15) is 5.54 Å². The minimum Gasteiger partial charge on any atom is -0.480 e. The number of carboxylic acids is 1. The molecule has 0 bridgehead atoms. The van der Waals surface area contributed by atoms with E-state index >= 15 is 0 Å². The van der Waals surface area contributed by atoms with Crippen molar-refractivity contribution in [3.8, 4) is 0 Å². The Kier molecular flexibility index (Phi) is 6.95. The summed E-state index contributed by atoms with van der Waals surface area (Å²) < 4.78 is 0. The van der Waals surface area contributed by atoms with E-state index in [9.17, 15) is 14.7 Å². The number of hydrogen-bond acceptors (Lipinski definition) is 3. The molecule has 0 spiro atoms. The van der Waals surface area contributed by atoms with E-state index in [1.807, 2.05) is 0 Å². The first kappa shape index (κ1) is 17.8. The van der Waals surface area contributed by atoms with Crippen LogP contribution in [-0.2, 0) is 4.79 Å². The maximum atomic E-state index is 11.9. The maximum Gasteiger partial charge on any atom is 0.329 e. The van der Waals surface area contributed by atoms with Gasteiger partial charge in [-0.2, -0.15) is 0 Å². The van der Waals surface area contributed by atoms with Gasteiger partial charge in [0, 0.05) is 13.1 Å². The molecule has 122 valence electrons. The molecule has 0 aromatic rings. The standard InChI is InChI=1S/C15H29N3O3/c1-4-15(5-2,13(19)20)17-14(21)16-10-12(3)11-18-8-6-7-9-18/h12H,4-11H2,1-3H3,(H,19,20)(H2,16,17,21). The normalized spacial score (nSPS) is 17.5. The Balaban J connectivity index is 2.36. The fourth-order valence-corrected chi connectivity index (χ4v) is 2.78. The Hall–Kier alpha value is -1.30. The quantitative estimate of drug-likeness (QED) is 0.636. The number of hydrogen-bond donors (Lipinski definition) is 3. The monoisotopic (exact) mass is 299 g/mol. The van der Waals surface area contributed by atoms with E-state index in [-0.39, 0.29) is 0 Å². The number of nitrogens with zero attached hydrogens (tertiary/aromatic N) is 1. The zero-order valence-electron chi connectivity index (χ0n) is 13.4. The van der Waals surface area contributed by atoms with Crippen LogP contribution in [-0.4, -0.2) is 53.7 Å². The van der Waals surface area contributed by atoms with E-state index in [1.165, 1.54) is 12.8 Å². The maximum absolute atomic E-state index is 11.9. The zero-order valence-corrected chi connectivity index (χ0v) is 13.4. The molecule has 0 saturated carbocycles. The van der Waals surface area contributed by atoms with Crippen LogP contribution in [0.15, 0.2) is 0 Å². The lowest BCUT2D eigenvalue weighted by Gasteiger charge is -2.28. The molecule has 1 unspecified atom stereocenters. The third-order valence-corrected chi connectivity index (χ3v) is 4.35. The van der Waals surface area contributed by atoms with Crippen molar-refractivity contribution in [1.29, 1.82) is 0 Å². The minimum atomic E-state index is -1.16. The Morgan fingerprint density at radius 3 is 2.29 bits per heavy atom. The van der Waals surface area contributed by atoms with Crippen LogP contribution in [0.1, 0.15) is 46.5 Å². The van der Waals surface area contributed by atoms with Crippen LogP contribution in [0.5, 0.6) is 0 Å². The van der Waals surface area contributed by atoms with Crippen LogP contribution in [0.3, 0.4) is 0 Å². The molecule has 0 radical (unpaired) electrons. The average molecular weight is 299 g/mol. The Morgan fingerprint density at radius 2 is 1.81 bits per heavy atom. The van der Waals surface area contributed by atoms with Crippen molar-refractivity contribution in [3.05, 3.63) is 0 Å². The largest absolute Gasteiger partial charge is 0.480 e. The third-order valence-electron chi connectivity index (χ3n) is 4.35. The molecule has 1 aliphatic heterocycles. The van der Waals surface area contributed by atoms with Crippen molar-refractivity contribution in [1.82, 2.24) is 15.5 Å². The molecule has 1 saturated heterocycles. The van der Waals surface area contributed by atoms with Gasteiger partial charge in [-0.1, -0.05) is 20.8 Å². The molecule has 1 fully saturated rings. The molecule has 2 amide bonds. The Labute approximate surface area is 127 Å². The lowest BCUT2D eigenvalue weighted by atomic mass is 9.93. The molecule has 0 aromatic carbocycles. The minimum absolute atomic E-state index is 0.358. The second-order valence-corrected chi connectivity index (χ2v) is 6.04. The molecule has 0 aromatic heterocycles. The second-order valence-electron chi connectivity index (χ2n) is 6.04. The molecule has 21 heavy (non-hydrogen) atoms. The highest BCUT2D eigenvalue weighted by atomic mass is 16.4. The van der Waals surface area contributed by atoms with Crippen LogP contribution in [0, 0.1) is 5.92 Å². The summed E-state index contributed by atoms with van der Waals surface area (Å²) in [5.74, 6) is -0.621. The zero-order chi connectivity index (χ0) is 15.9. The molecule has 1 atom stereocenters. The van der Waals surface area contributed by atoms with Gasteiger partial charge in [-0.25, -0.2) is 9.59 Å². The topological polar surface area (TPSA) is 81.7 Å². The van der Waals surface area contributed by atoms with Gasteiger partial charge in [0.25, 0.3) is 0 Å². The number of carbonyl (C=O) groups is 2. The first-order valence-electron chi connectivity index (χ1n) is 7.95. The summed E-state index contributed by atoms with van der Waals surface area (Å²) in [6, 6.07) is -0.394. The summed E-state index contributed by atoms with van der Waals surface area (Å²) in [6.07, 6.45) is 3.26. The number of likely N-dealkylation sites (tertiary alicyclic amines) is 1. The van der Waals surface area contributed by atoms with Crippen molar-refractivity contribution >= 4 is 12.0 Å². The molecule has 1 aliphatic rings. The summed E-state index contributed by atoms with van der Waals surface area (Å²) in [5, 5.41) is 14.7. The van der Waals surface area contributed by atoms with Crippen molar-refractivity contribution in [2.75, 3.05) is 26.2 Å². The van der Waals surface area contributed by atoms with Crippen molar-refractivity contribution in [3.63, 3.8) is 0 Å². The molecular formula is C15H29N3O3. The van der Waals surface area contributed by atoms with Crippen molar-refractivity contribution in [2.24, 2.45) is 5.92 Å². The van der Waals surface area contributed by atoms with Crippen molar-refractivity contribution in [2.45, 2.75) is 52.0 Å². The van der Waals surface area contributed by atoms with Gasteiger partial charge in [0.15, 0.2) is 0 Å². The number of carbonyl (C=O) groups excluding carboxylic acids is 1. The fraction of sp³-hybridized carbons (Fsp3) is 0.867. The first-order valence-corrected chi connectivity index (χ1v) is 7.95. The predicted octanol–water partition coefficient (Wildman–Crippen LogP) is 1.66. The van der Waals surface area contributed by atoms with E-state index in [1.54, 1.807) is 13.8 Å². The van der Waals surface area contributed by atoms with E-state index in [0.29, 0.717) is 25.3 Å². The lowest BCUT2D eigenvalue weighted by molar-refractivity contribution is -0.144. The summed E-state index contributed by atoms with van der Waals surface area (Å²) in [4.78, 5) is 25.7. The highest BCUT2D eigenvalue weighted by Crippen LogP contribution is 2.15. The first-order chi connectivity index (χ1) is 9.93. The van der Waals surface area contributed by atoms with Gasteiger partial charge in [0.2, 0.25) is 0 Å².